The molecule has 3 fully saturated rings. The zero-order valence-corrected chi connectivity index (χ0v) is 19.2. The lowest BCUT2D eigenvalue weighted by Gasteiger charge is -2.60. The van der Waals surface area contributed by atoms with Gasteiger partial charge in [-0.05, 0) is 43.5 Å². The number of fused-ring (bicyclic) bond motifs is 3. The highest BCUT2D eigenvalue weighted by Gasteiger charge is 2.60. The minimum atomic E-state index is -4.38. The summed E-state index contributed by atoms with van der Waals surface area (Å²) in [5, 5.41) is 9.01. The van der Waals surface area contributed by atoms with Crippen LogP contribution in [0.15, 0.2) is 18.2 Å². The summed E-state index contributed by atoms with van der Waals surface area (Å²) in [6, 6.07) is 3.51. The number of hydrogen-bond acceptors (Lipinski definition) is 5. The molecule has 4 aliphatic rings. The van der Waals surface area contributed by atoms with Gasteiger partial charge in [0, 0.05) is 43.2 Å². The molecular weight excluding hydrogens is 476 g/mol. The lowest BCUT2D eigenvalue weighted by molar-refractivity contribution is -0.182. The van der Waals surface area contributed by atoms with Gasteiger partial charge in [0.25, 0.3) is 5.91 Å². The Morgan fingerprint density at radius 1 is 1.12 bits per heavy atom. The van der Waals surface area contributed by atoms with Gasteiger partial charge in [0.2, 0.25) is 5.95 Å². The van der Waals surface area contributed by atoms with Crippen molar-refractivity contribution in [1.29, 1.82) is 0 Å². The molecule has 1 aromatic carbocycles. The van der Waals surface area contributed by atoms with Crippen LogP contribution in [0.1, 0.15) is 31.2 Å². The van der Waals surface area contributed by atoms with Gasteiger partial charge in [-0.25, -0.2) is 4.39 Å². The first-order valence-electron chi connectivity index (χ1n) is 11.3. The fraction of sp³-hybridized carbons (Fsp3) is 0.591. The smallest absolute Gasteiger partial charge is 0.339 e. The molecule has 2 saturated heterocycles. The number of aromatic nitrogens is 3. The number of rotatable bonds is 3. The average molecular weight is 499 g/mol. The van der Waals surface area contributed by atoms with Crippen LogP contribution in [0.25, 0.3) is 5.69 Å². The quantitative estimate of drug-likeness (QED) is 0.608. The molecule has 1 amide bonds. The van der Waals surface area contributed by atoms with Gasteiger partial charge in [-0.2, -0.15) is 13.2 Å². The molecule has 182 valence electrons. The molecule has 1 saturated carbocycles. The van der Waals surface area contributed by atoms with E-state index in [0.29, 0.717) is 67.1 Å². The number of likely N-dealkylation sites (tertiary alicyclic amines) is 1. The van der Waals surface area contributed by atoms with Crippen LogP contribution in [0, 0.1) is 5.41 Å². The van der Waals surface area contributed by atoms with Gasteiger partial charge in [-0.15, -0.1) is 10.2 Å². The second kappa shape index (κ2) is 7.07. The van der Waals surface area contributed by atoms with Crippen molar-refractivity contribution in [2.75, 3.05) is 31.1 Å². The standard InChI is InChI=1S/C22H23ClF4N6O/c1-13(22(25,26)27)30-7-14-6-15(23)2-3-16(14)33-17(8-30)28-29-19(33)32-11-20(12-32)9-31(10-20)18(34)21(24)4-5-21/h2-3,6,13H,4-5,7-12H2,1H3. The Bertz CT molecular complexity index is 1160. The number of hydrogen-bond donors (Lipinski definition) is 0. The molecule has 7 nitrogen and oxygen atoms in total. The largest absolute Gasteiger partial charge is 0.403 e. The third-order valence-corrected chi connectivity index (χ3v) is 7.72. The zero-order chi connectivity index (χ0) is 24.0. The Balaban J connectivity index is 1.25. The van der Waals surface area contributed by atoms with Crippen molar-refractivity contribution in [2.45, 2.75) is 50.7 Å². The third kappa shape index (κ3) is 3.38. The number of nitrogens with zero attached hydrogens (tertiary/aromatic N) is 6. The zero-order valence-electron chi connectivity index (χ0n) is 18.4. The fourth-order valence-corrected chi connectivity index (χ4v) is 5.51. The van der Waals surface area contributed by atoms with Crippen molar-refractivity contribution >= 4 is 23.5 Å². The summed E-state index contributed by atoms with van der Waals surface area (Å²) in [7, 11) is 0. The predicted octanol–water partition coefficient (Wildman–Crippen LogP) is 3.34. The number of halogens is 5. The van der Waals surface area contributed by atoms with Crippen LogP contribution in [0.5, 0.6) is 0 Å². The van der Waals surface area contributed by atoms with Crippen molar-refractivity contribution in [3.8, 4) is 5.69 Å². The molecule has 0 bridgehead atoms. The first kappa shape index (κ1) is 22.1. The van der Waals surface area contributed by atoms with E-state index in [-0.39, 0.29) is 18.5 Å². The van der Waals surface area contributed by atoms with E-state index in [4.69, 9.17) is 11.6 Å². The van der Waals surface area contributed by atoms with Crippen LogP contribution < -0.4 is 4.90 Å². The molecule has 0 N–H and O–H groups in total. The van der Waals surface area contributed by atoms with Gasteiger partial charge in [-0.1, -0.05) is 11.6 Å². The Morgan fingerprint density at radius 3 is 2.47 bits per heavy atom. The van der Waals surface area contributed by atoms with Gasteiger partial charge in [-0.3, -0.25) is 14.3 Å². The maximum Gasteiger partial charge on any atom is 0.403 e. The van der Waals surface area contributed by atoms with E-state index >= 15 is 0 Å². The van der Waals surface area contributed by atoms with E-state index in [1.165, 1.54) is 4.90 Å². The number of amides is 1. The Hall–Kier alpha value is -2.40. The summed E-state index contributed by atoms with van der Waals surface area (Å²) in [6.45, 7) is 3.48. The Morgan fingerprint density at radius 2 is 1.82 bits per heavy atom. The van der Waals surface area contributed by atoms with Crippen molar-refractivity contribution in [1.82, 2.24) is 24.6 Å². The minimum absolute atomic E-state index is 0.0141. The summed E-state index contributed by atoms with van der Waals surface area (Å²) >= 11 is 6.18. The topological polar surface area (TPSA) is 57.5 Å². The monoisotopic (exact) mass is 498 g/mol. The summed E-state index contributed by atoms with van der Waals surface area (Å²) in [5.41, 5.74) is -0.384. The second-order valence-electron chi connectivity index (χ2n) is 10.1. The van der Waals surface area contributed by atoms with Gasteiger partial charge in [0.05, 0.1) is 12.2 Å². The van der Waals surface area contributed by atoms with Crippen LogP contribution in [0.4, 0.5) is 23.5 Å². The molecule has 1 atom stereocenters. The number of carbonyl (C=O) groups is 1. The van der Waals surface area contributed by atoms with Gasteiger partial charge >= 0.3 is 6.18 Å². The molecule has 6 rings (SSSR count). The van der Waals surface area contributed by atoms with E-state index < -0.39 is 23.8 Å². The molecular formula is C22H23ClF4N6O. The maximum absolute atomic E-state index is 14.1. The highest BCUT2D eigenvalue weighted by Crippen LogP contribution is 2.47. The van der Waals surface area contributed by atoms with Crippen molar-refractivity contribution in [2.24, 2.45) is 5.41 Å². The van der Waals surface area contributed by atoms with Crippen LogP contribution >= 0.6 is 11.6 Å². The predicted molar refractivity (Wildman–Crippen MR) is 115 cm³/mol. The lowest BCUT2D eigenvalue weighted by Crippen LogP contribution is -2.74. The highest BCUT2D eigenvalue weighted by molar-refractivity contribution is 6.30. The first-order chi connectivity index (χ1) is 16.0. The lowest BCUT2D eigenvalue weighted by atomic mass is 9.72. The second-order valence-corrected chi connectivity index (χ2v) is 10.6. The van der Waals surface area contributed by atoms with Crippen LogP contribution in [0.2, 0.25) is 5.02 Å². The molecule has 1 aromatic heterocycles. The maximum atomic E-state index is 14.1. The summed E-state index contributed by atoms with van der Waals surface area (Å²) < 4.78 is 56.5. The van der Waals surface area contributed by atoms with E-state index in [0.717, 1.165) is 6.92 Å². The molecule has 4 heterocycles. The van der Waals surface area contributed by atoms with Crippen molar-refractivity contribution in [3.05, 3.63) is 34.6 Å². The summed E-state index contributed by atoms with van der Waals surface area (Å²) in [6.07, 6.45) is -3.77. The summed E-state index contributed by atoms with van der Waals surface area (Å²) in [4.78, 5) is 17.1. The van der Waals surface area contributed by atoms with E-state index in [2.05, 4.69) is 10.2 Å². The SMILES string of the molecule is CC(N1Cc2cc(Cl)ccc2-n2c(nnc2N2CC3(CN(C(=O)C4(F)CC4)C3)C2)C1)C(F)(F)F. The average Bonchev–Trinajstić information content (AvgIpc) is 3.38. The first-order valence-corrected chi connectivity index (χ1v) is 11.6. The highest BCUT2D eigenvalue weighted by atomic mass is 35.5. The third-order valence-electron chi connectivity index (χ3n) is 7.48. The number of anilines is 1. The number of carbonyl (C=O) groups excluding carboxylic acids is 1. The molecule has 0 radical (unpaired) electrons. The van der Waals surface area contributed by atoms with Gasteiger partial charge in [0.15, 0.2) is 11.5 Å². The molecule has 3 aliphatic heterocycles. The fourth-order valence-electron chi connectivity index (χ4n) is 5.32. The Labute approximate surface area is 198 Å². The van der Waals surface area contributed by atoms with E-state index in [1.54, 1.807) is 23.1 Å². The van der Waals surface area contributed by atoms with Crippen molar-refractivity contribution in [3.63, 3.8) is 0 Å². The molecule has 1 spiro atoms. The number of benzene rings is 1. The summed E-state index contributed by atoms with van der Waals surface area (Å²) in [5.74, 6) is 0.573. The van der Waals surface area contributed by atoms with E-state index in [9.17, 15) is 22.4 Å². The van der Waals surface area contributed by atoms with Crippen molar-refractivity contribution < 1.29 is 22.4 Å². The van der Waals surface area contributed by atoms with Crippen LogP contribution in [-0.2, 0) is 17.9 Å². The van der Waals surface area contributed by atoms with Crippen LogP contribution in [-0.4, -0.2) is 74.5 Å². The minimum Gasteiger partial charge on any atom is -0.339 e. The van der Waals surface area contributed by atoms with Crippen LogP contribution in [0.3, 0.4) is 0 Å². The van der Waals surface area contributed by atoms with Gasteiger partial charge in [0.1, 0.15) is 6.04 Å². The number of alkyl halides is 4. The molecule has 2 aromatic rings. The molecule has 12 heteroatoms. The molecule has 1 aliphatic carbocycles. The Kier molecular flexibility index (Phi) is 4.59. The molecule has 34 heavy (non-hydrogen) atoms. The van der Waals surface area contributed by atoms with E-state index in [1.807, 2.05) is 9.47 Å². The molecule has 1 unspecified atom stereocenters. The van der Waals surface area contributed by atoms with Gasteiger partial charge < -0.3 is 9.80 Å². The normalized spacial score (nSPS) is 23.5.